The number of ether oxygens (including phenoxy) is 1. The molecule has 0 radical (unpaired) electrons. The summed E-state index contributed by atoms with van der Waals surface area (Å²) in [4.78, 5) is 0. The minimum atomic E-state index is -1.89. The van der Waals surface area contributed by atoms with E-state index in [0.717, 1.165) is 0 Å². The van der Waals surface area contributed by atoms with E-state index in [0.29, 0.717) is 0 Å². The molecule has 0 unspecified atom stereocenters. The summed E-state index contributed by atoms with van der Waals surface area (Å²) in [5, 5.41) is 68.8. The first kappa shape index (κ1) is 18.7. The highest BCUT2D eigenvalue weighted by atomic mass is 16.6. The molecule has 8 nitrogen and oxygen atoms in total. The normalized spacial score (nSPS) is 41.1. The van der Waals surface area contributed by atoms with Crippen molar-refractivity contribution in [1.29, 1.82) is 0 Å². The van der Waals surface area contributed by atoms with Crippen LogP contribution in [-0.2, 0) is 4.74 Å². The zero-order chi connectivity index (χ0) is 16.6. The Kier molecular flexibility index (Phi) is 5.73. The minimum absolute atomic E-state index is 0.344. The molecule has 1 saturated heterocycles. The second-order valence-electron chi connectivity index (χ2n) is 6.11. The summed E-state index contributed by atoms with van der Waals surface area (Å²) in [7, 11) is 0. The van der Waals surface area contributed by atoms with Crippen LogP contribution in [-0.4, -0.2) is 83.8 Å². The average molecular weight is 310 g/mol. The molecule has 7 N–H and O–H groups in total. The van der Waals surface area contributed by atoms with Crippen LogP contribution in [0.25, 0.3) is 0 Å². The van der Waals surface area contributed by atoms with E-state index < -0.39 is 48.0 Å². The van der Waals surface area contributed by atoms with Gasteiger partial charge >= 0.3 is 0 Å². The maximum atomic E-state index is 10.4. The molecule has 1 rings (SSSR count). The van der Waals surface area contributed by atoms with E-state index in [4.69, 9.17) is 4.74 Å². The van der Waals surface area contributed by atoms with Crippen LogP contribution in [0, 0.1) is 0 Å². The molecular weight excluding hydrogens is 284 g/mol. The maximum absolute atomic E-state index is 10.4. The lowest BCUT2D eigenvalue weighted by atomic mass is 9.78. The van der Waals surface area contributed by atoms with Crippen molar-refractivity contribution in [3.63, 3.8) is 0 Å². The van der Waals surface area contributed by atoms with E-state index in [9.17, 15) is 35.7 Å². The van der Waals surface area contributed by atoms with Crippen LogP contribution in [0.3, 0.4) is 0 Å². The van der Waals surface area contributed by atoms with E-state index in [1.807, 2.05) is 0 Å². The van der Waals surface area contributed by atoms with Crippen LogP contribution in [0.4, 0.5) is 0 Å². The van der Waals surface area contributed by atoms with Crippen molar-refractivity contribution >= 4 is 0 Å². The van der Waals surface area contributed by atoms with Crippen LogP contribution in [0.15, 0.2) is 0 Å². The summed E-state index contributed by atoms with van der Waals surface area (Å²) in [5.41, 5.74) is -3.75. The van der Waals surface area contributed by atoms with E-state index in [1.165, 1.54) is 20.8 Å². The molecule has 126 valence electrons. The summed E-state index contributed by atoms with van der Waals surface area (Å²) in [6.45, 7) is 3.81. The highest BCUT2D eigenvalue weighted by Crippen LogP contribution is 2.35. The molecule has 0 bridgehead atoms. The van der Waals surface area contributed by atoms with Crippen molar-refractivity contribution in [1.82, 2.24) is 0 Å². The molecule has 1 fully saturated rings. The van der Waals surface area contributed by atoms with Crippen LogP contribution in [0.2, 0.25) is 0 Å². The largest absolute Gasteiger partial charge is 0.390 e. The Morgan fingerprint density at radius 1 is 1.24 bits per heavy atom. The first-order valence-corrected chi connectivity index (χ1v) is 6.93. The molecule has 0 aromatic heterocycles. The molecule has 8 atom stereocenters. The number of rotatable bonds is 5. The van der Waals surface area contributed by atoms with Crippen molar-refractivity contribution < 1.29 is 40.5 Å². The van der Waals surface area contributed by atoms with Gasteiger partial charge in [0, 0.05) is 12.8 Å². The first-order valence-electron chi connectivity index (χ1n) is 6.93. The molecule has 8 heteroatoms. The Bertz CT molecular complexity index is 345. The summed E-state index contributed by atoms with van der Waals surface area (Å²) < 4.78 is 5.06. The van der Waals surface area contributed by atoms with E-state index in [2.05, 4.69) is 0 Å². The van der Waals surface area contributed by atoms with E-state index >= 15 is 0 Å². The summed E-state index contributed by atoms with van der Waals surface area (Å²) in [6, 6.07) is 0. The molecule has 0 saturated carbocycles. The molecule has 21 heavy (non-hydrogen) atoms. The zero-order valence-corrected chi connectivity index (χ0v) is 12.4. The molecule has 1 heterocycles. The fourth-order valence-corrected chi connectivity index (χ4v) is 2.36. The molecule has 1 aliphatic heterocycles. The van der Waals surface area contributed by atoms with Gasteiger partial charge in [0.25, 0.3) is 0 Å². The van der Waals surface area contributed by atoms with Gasteiger partial charge in [-0.1, -0.05) is 0 Å². The molecule has 0 amide bonds. The van der Waals surface area contributed by atoms with E-state index in [1.54, 1.807) is 0 Å². The van der Waals surface area contributed by atoms with Gasteiger partial charge in [-0.3, -0.25) is 0 Å². The van der Waals surface area contributed by atoms with Crippen LogP contribution < -0.4 is 0 Å². The Balaban J connectivity index is 2.92. The quantitative estimate of drug-likeness (QED) is 0.293. The minimum Gasteiger partial charge on any atom is -0.390 e. The van der Waals surface area contributed by atoms with Gasteiger partial charge in [0.2, 0.25) is 0 Å². The Morgan fingerprint density at radius 3 is 2.19 bits per heavy atom. The van der Waals surface area contributed by atoms with Crippen molar-refractivity contribution in [2.24, 2.45) is 0 Å². The van der Waals surface area contributed by atoms with Gasteiger partial charge in [0.1, 0.15) is 17.3 Å². The molecule has 0 aromatic rings. The maximum Gasteiger partial charge on any atom is 0.181 e. The summed E-state index contributed by atoms with van der Waals surface area (Å²) >= 11 is 0. The van der Waals surface area contributed by atoms with Gasteiger partial charge in [-0.15, -0.1) is 0 Å². The monoisotopic (exact) mass is 310 g/mol. The fraction of sp³-hybridized carbons (Fsp3) is 1.00. The number of hydrogen-bond donors (Lipinski definition) is 7. The molecular formula is C13H26O8. The van der Waals surface area contributed by atoms with Gasteiger partial charge in [0.15, 0.2) is 6.29 Å². The van der Waals surface area contributed by atoms with Crippen LogP contribution in [0.5, 0.6) is 0 Å². The highest BCUT2D eigenvalue weighted by molar-refractivity contribution is 5.01. The third kappa shape index (κ3) is 3.72. The fourth-order valence-electron chi connectivity index (χ4n) is 2.36. The van der Waals surface area contributed by atoms with Crippen LogP contribution in [0.1, 0.15) is 33.6 Å². The number of hydrogen-bond acceptors (Lipinski definition) is 8. The number of aliphatic hydroxyl groups is 7. The van der Waals surface area contributed by atoms with Gasteiger partial charge in [-0.2, -0.15) is 0 Å². The molecule has 0 spiro atoms. The second kappa shape index (κ2) is 6.43. The van der Waals surface area contributed by atoms with Crippen molar-refractivity contribution in [3.8, 4) is 0 Å². The topological polar surface area (TPSA) is 151 Å². The first-order chi connectivity index (χ1) is 9.42. The third-order valence-corrected chi connectivity index (χ3v) is 4.41. The van der Waals surface area contributed by atoms with E-state index in [-0.39, 0.29) is 12.8 Å². The van der Waals surface area contributed by atoms with Gasteiger partial charge in [-0.25, -0.2) is 0 Å². The smallest absolute Gasteiger partial charge is 0.181 e. The lowest BCUT2D eigenvalue weighted by Gasteiger charge is -2.47. The average Bonchev–Trinajstić information content (AvgIpc) is 2.35. The van der Waals surface area contributed by atoms with Crippen molar-refractivity contribution in [2.75, 3.05) is 0 Å². The molecule has 0 aliphatic carbocycles. The van der Waals surface area contributed by atoms with Crippen molar-refractivity contribution in [2.45, 2.75) is 81.6 Å². The second-order valence-corrected chi connectivity index (χ2v) is 6.11. The Morgan fingerprint density at radius 2 is 1.76 bits per heavy atom. The Labute approximate surface area is 123 Å². The lowest BCUT2D eigenvalue weighted by Crippen LogP contribution is -2.63. The van der Waals surface area contributed by atoms with Gasteiger partial charge in [0.05, 0.1) is 24.4 Å². The highest BCUT2D eigenvalue weighted by Gasteiger charge is 2.52. The third-order valence-electron chi connectivity index (χ3n) is 4.41. The molecule has 0 aromatic carbocycles. The zero-order valence-electron chi connectivity index (χ0n) is 12.4. The lowest BCUT2D eigenvalue weighted by molar-refractivity contribution is -0.301. The Hall–Kier alpha value is -0.320. The van der Waals surface area contributed by atoms with Gasteiger partial charge < -0.3 is 40.5 Å². The van der Waals surface area contributed by atoms with Gasteiger partial charge in [-0.05, 0) is 20.8 Å². The number of aliphatic hydroxyl groups excluding tert-OH is 5. The van der Waals surface area contributed by atoms with Crippen molar-refractivity contribution in [3.05, 3.63) is 0 Å². The standard InChI is InChI=1S/C13H26O8/c1-6(14)12(3,19)9(17)4-10-13(20,7(2)15)5-8(16)11(18)21-10/h6-11,14-20H,4-5H2,1-3H3/t6-,7+,8+,9-,10-,11+,12-,13+/m0/s1. The summed E-state index contributed by atoms with van der Waals surface area (Å²) in [5.74, 6) is 0. The SMILES string of the molecule is C[C@H](O)[C@](C)(O)[C@@H](O)C[C@@H]1O[C@@H](O)[C@H](O)C[C@@]1(O)[C@@H](C)O. The summed E-state index contributed by atoms with van der Waals surface area (Å²) in [6.07, 6.45) is -8.89. The predicted molar refractivity (Wildman–Crippen MR) is 71.1 cm³/mol. The van der Waals surface area contributed by atoms with Crippen LogP contribution >= 0.6 is 0 Å². The molecule has 1 aliphatic rings. The predicted octanol–water partition coefficient (Wildman–Crippen LogP) is -2.55.